The van der Waals surface area contributed by atoms with E-state index in [0.717, 1.165) is 48.3 Å². The Hall–Kier alpha value is -4.30. The average Bonchev–Trinajstić information content (AvgIpc) is 3.66. The zero-order chi connectivity index (χ0) is 27.2. The molecule has 2 aromatic carbocycles. The number of carbonyl (C=O) groups excluding carboxylic acids is 3. The third-order valence-electron chi connectivity index (χ3n) is 7.13. The van der Waals surface area contributed by atoms with Crippen LogP contribution >= 0.6 is 0 Å². The van der Waals surface area contributed by atoms with Crippen LogP contribution in [0.4, 0.5) is 11.4 Å². The number of aromatic nitrogens is 1. The first kappa shape index (κ1) is 26.3. The van der Waals surface area contributed by atoms with E-state index in [0.29, 0.717) is 24.3 Å². The number of hydrogen-bond donors (Lipinski definition) is 3. The smallest absolute Gasteiger partial charge is 0.273 e. The minimum atomic E-state index is -0.512. The summed E-state index contributed by atoms with van der Waals surface area (Å²) in [5, 5.41) is 9.12. The fourth-order valence-corrected chi connectivity index (χ4v) is 5.00. The van der Waals surface area contributed by atoms with Crippen LogP contribution in [-0.4, -0.2) is 52.8 Å². The van der Waals surface area contributed by atoms with Crippen molar-refractivity contribution >= 4 is 41.2 Å². The van der Waals surface area contributed by atoms with Crippen LogP contribution < -0.4 is 16.0 Å². The number of hydrogen-bond acceptors (Lipinski definition) is 5. The molecule has 3 aromatic rings. The zero-order valence-corrected chi connectivity index (χ0v) is 22.0. The van der Waals surface area contributed by atoms with Gasteiger partial charge in [-0.15, -0.1) is 0 Å². The molecule has 0 unspecified atom stereocenters. The monoisotopic (exact) mass is 523 g/mol. The molecule has 5 rings (SSSR count). The molecule has 0 saturated carbocycles. The van der Waals surface area contributed by atoms with Gasteiger partial charge in [0.2, 0.25) is 11.8 Å². The number of likely N-dealkylation sites (tertiary alicyclic amines) is 1. The topological polar surface area (TPSA) is 103 Å². The van der Waals surface area contributed by atoms with Crippen LogP contribution in [0.1, 0.15) is 53.0 Å². The third-order valence-corrected chi connectivity index (χ3v) is 7.13. The molecule has 2 saturated heterocycles. The van der Waals surface area contributed by atoms with Crippen LogP contribution in [0.5, 0.6) is 0 Å². The molecule has 0 radical (unpaired) electrons. The van der Waals surface area contributed by atoms with Crippen molar-refractivity contribution in [2.24, 2.45) is 0 Å². The van der Waals surface area contributed by atoms with Gasteiger partial charge in [-0.05, 0) is 86.7 Å². The first-order valence-corrected chi connectivity index (χ1v) is 13.4. The maximum atomic E-state index is 13.0. The molecule has 0 aliphatic carbocycles. The summed E-state index contributed by atoms with van der Waals surface area (Å²) in [5.41, 5.74) is 4.60. The number of rotatable bonds is 7. The number of benzene rings is 2. The van der Waals surface area contributed by atoms with Gasteiger partial charge in [0.15, 0.2) is 0 Å². The molecule has 8 nitrogen and oxygen atoms in total. The lowest BCUT2D eigenvalue weighted by Gasteiger charge is -2.23. The molecule has 39 heavy (non-hydrogen) atoms. The number of pyridine rings is 1. The van der Waals surface area contributed by atoms with E-state index < -0.39 is 6.04 Å². The normalized spacial score (nSPS) is 18.8. The van der Waals surface area contributed by atoms with E-state index in [1.165, 1.54) is 0 Å². The summed E-state index contributed by atoms with van der Waals surface area (Å²) in [6.45, 7) is 3.28. The van der Waals surface area contributed by atoms with Gasteiger partial charge >= 0.3 is 0 Å². The highest BCUT2D eigenvalue weighted by Crippen LogP contribution is 2.22. The Labute approximate surface area is 228 Å². The molecule has 3 amide bonds. The van der Waals surface area contributed by atoms with Gasteiger partial charge in [-0.3, -0.25) is 14.4 Å². The average molecular weight is 524 g/mol. The Balaban J connectivity index is 1.15. The zero-order valence-electron chi connectivity index (χ0n) is 22.0. The van der Waals surface area contributed by atoms with Crippen molar-refractivity contribution in [2.75, 3.05) is 23.7 Å². The van der Waals surface area contributed by atoms with Crippen molar-refractivity contribution in [3.05, 3.63) is 89.2 Å². The van der Waals surface area contributed by atoms with Gasteiger partial charge in [0, 0.05) is 23.6 Å². The van der Waals surface area contributed by atoms with Crippen molar-refractivity contribution < 1.29 is 14.4 Å². The number of amides is 3. The molecule has 200 valence electrons. The summed E-state index contributed by atoms with van der Waals surface area (Å²) in [6.07, 6.45) is 7.31. The van der Waals surface area contributed by atoms with Gasteiger partial charge in [-0.25, -0.2) is 4.98 Å². The molecule has 0 spiro atoms. The van der Waals surface area contributed by atoms with E-state index >= 15 is 0 Å². The van der Waals surface area contributed by atoms with Crippen LogP contribution in [0.2, 0.25) is 0 Å². The van der Waals surface area contributed by atoms with Gasteiger partial charge in [-0.2, -0.15) is 0 Å². The van der Waals surface area contributed by atoms with E-state index in [1.54, 1.807) is 17.0 Å². The first-order valence-electron chi connectivity index (χ1n) is 13.4. The van der Waals surface area contributed by atoms with Crippen molar-refractivity contribution in [1.82, 2.24) is 15.2 Å². The van der Waals surface area contributed by atoms with Crippen LogP contribution in [0, 0.1) is 6.92 Å². The summed E-state index contributed by atoms with van der Waals surface area (Å²) < 4.78 is 0. The Bertz CT molecular complexity index is 1360. The first-order chi connectivity index (χ1) is 19.0. The van der Waals surface area contributed by atoms with Crippen LogP contribution in [-0.2, 0) is 9.59 Å². The molecule has 0 bridgehead atoms. The Kier molecular flexibility index (Phi) is 8.13. The fraction of sp³-hybridized carbons (Fsp3) is 0.290. The lowest BCUT2D eigenvalue weighted by Crippen LogP contribution is -2.43. The van der Waals surface area contributed by atoms with E-state index in [1.807, 2.05) is 73.7 Å². The second-order valence-corrected chi connectivity index (χ2v) is 10.0. The quantitative estimate of drug-likeness (QED) is 0.396. The standard InChI is InChI=1S/C31H33N5O3/c1-21-5-2-6-27(33-21)31(39)36-20-4-8-28(36)30(38)35-25-17-13-23(14-18-25)10-9-22-11-15-24(16-12-22)34-29(37)26-7-3-19-32-26/h2,5-6,9-18,26,28,32H,3-4,7-8,19-20H2,1H3,(H,34,37)(H,35,38)/b10-9+/t26-,28-/m0/s1. The summed E-state index contributed by atoms with van der Waals surface area (Å²) >= 11 is 0. The molecule has 3 N–H and O–H groups in total. The van der Waals surface area contributed by atoms with E-state index in [4.69, 9.17) is 0 Å². The molecule has 2 aliphatic heterocycles. The maximum absolute atomic E-state index is 13.0. The van der Waals surface area contributed by atoms with Crippen LogP contribution in [0.3, 0.4) is 0 Å². The number of anilines is 2. The molecule has 2 atom stereocenters. The molecule has 8 heteroatoms. The van der Waals surface area contributed by atoms with Gasteiger partial charge < -0.3 is 20.9 Å². The summed E-state index contributed by atoms with van der Waals surface area (Å²) in [5.74, 6) is -0.385. The number of carbonyl (C=O) groups is 3. The Morgan fingerprint density at radius 2 is 1.49 bits per heavy atom. The molecule has 2 aliphatic rings. The summed E-state index contributed by atoms with van der Waals surface area (Å²) in [7, 11) is 0. The van der Waals surface area contributed by atoms with Crippen LogP contribution in [0.25, 0.3) is 12.2 Å². The molecule has 3 heterocycles. The van der Waals surface area contributed by atoms with Gasteiger partial charge in [0.05, 0.1) is 6.04 Å². The van der Waals surface area contributed by atoms with Crippen molar-refractivity contribution in [1.29, 1.82) is 0 Å². The molecular formula is C31H33N5O3. The maximum Gasteiger partial charge on any atom is 0.273 e. The highest BCUT2D eigenvalue weighted by Gasteiger charge is 2.35. The SMILES string of the molecule is Cc1cccc(C(=O)N2CCC[C@H]2C(=O)Nc2ccc(/C=C/c3ccc(NC(=O)[C@@H]4CCCN4)cc3)cc2)n1. The minimum Gasteiger partial charge on any atom is -0.325 e. The number of nitrogens with one attached hydrogen (secondary N) is 3. The van der Waals surface area contributed by atoms with Crippen molar-refractivity contribution in [3.63, 3.8) is 0 Å². The molecular weight excluding hydrogens is 490 g/mol. The minimum absolute atomic E-state index is 0.0125. The van der Waals surface area contributed by atoms with Crippen molar-refractivity contribution in [3.8, 4) is 0 Å². The summed E-state index contributed by atoms with van der Waals surface area (Å²) in [6, 6.07) is 20.0. The number of aryl methyl sites for hydroxylation is 1. The second kappa shape index (κ2) is 12.0. The fourth-order valence-electron chi connectivity index (χ4n) is 5.00. The highest BCUT2D eigenvalue weighted by molar-refractivity contribution is 6.01. The van der Waals surface area contributed by atoms with Gasteiger partial charge in [-0.1, -0.05) is 42.5 Å². The van der Waals surface area contributed by atoms with Crippen molar-refractivity contribution in [2.45, 2.75) is 44.7 Å². The molecule has 2 fully saturated rings. The second-order valence-electron chi connectivity index (χ2n) is 10.0. The van der Waals surface area contributed by atoms with E-state index in [-0.39, 0.29) is 23.8 Å². The van der Waals surface area contributed by atoms with Gasteiger partial charge in [0.1, 0.15) is 11.7 Å². The lowest BCUT2D eigenvalue weighted by atomic mass is 10.1. The predicted molar refractivity (Wildman–Crippen MR) is 153 cm³/mol. The summed E-state index contributed by atoms with van der Waals surface area (Å²) in [4.78, 5) is 44.2. The lowest BCUT2D eigenvalue weighted by molar-refractivity contribution is -0.120. The highest BCUT2D eigenvalue weighted by atomic mass is 16.2. The third kappa shape index (κ3) is 6.59. The van der Waals surface area contributed by atoms with Gasteiger partial charge in [0.25, 0.3) is 5.91 Å². The van der Waals surface area contributed by atoms with E-state index in [2.05, 4.69) is 20.9 Å². The molecule has 1 aromatic heterocycles. The number of nitrogens with zero attached hydrogens (tertiary/aromatic N) is 2. The Morgan fingerprint density at radius 3 is 2.08 bits per heavy atom. The predicted octanol–water partition coefficient (Wildman–Crippen LogP) is 4.49. The van der Waals surface area contributed by atoms with E-state index in [9.17, 15) is 14.4 Å². The largest absolute Gasteiger partial charge is 0.325 e. The van der Waals surface area contributed by atoms with Crippen LogP contribution in [0.15, 0.2) is 66.7 Å². The Morgan fingerprint density at radius 1 is 0.846 bits per heavy atom.